The van der Waals surface area contributed by atoms with Gasteiger partial charge in [0.2, 0.25) is 10.0 Å². The van der Waals surface area contributed by atoms with E-state index in [1.807, 2.05) is 13.0 Å². The second kappa shape index (κ2) is 6.50. The van der Waals surface area contributed by atoms with Gasteiger partial charge in [-0.1, -0.05) is 25.1 Å². The zero-order valence-electron chi connectivity index (χ0n) is 10.1. The van der Waals surface area contributed by atoms with E-state index in [0.717, 1.165) is 0 Å². The summed E-state index contributed by atoms with van der Waals surface area (Å²) in [5.74, 6) is -0.834. The number of aliphatic hydroxyl groups is 1. The van der Waals surface area contributed by atoms with Crippen LogP contribution in [0.1, 0.15) is 24.8 Å². The monoisotopic (exact) mass is 268 g/mol. The molecule has 0 aromatic heterocycles. The minimum Gasteiger partial charge on any atom is -0.395 e. The highest BCUT2D eigenvalue weighted by molar-refractivity contribution is 7.89. The molecule has 2 N–H and O–H groups in total. The molecular weight excluding hydrogens is 252 g/mol. The molecule has 0 fully saturated rings. The molecule has 0 aliphatic rings. The molecule has 0 aliphatic heterocycles. The Hall–Kier alpha value is -1.42. The molecule has 6 heteroatoms. The predicted octanol–water partition coefficient (Wildman–Crippen LogP) is 0.974. The van der Waals surface area contributed by atoms with Gasteiger partial charge < -0.3 is 5.11 Å². The second-order valence-electron chi connectivity index (χ2n) is 3.80. The summed E-state index contributed by atoms with van der Waals surface area (Å²) < 4.78 is 26.5. The fourth-order valence-electron chi connectivity index (χ4n) is 1.54. The summed E-state index contributed by atoms with van der Waals surface area (Å²) in [4.78, 5) is 0.0547. The largest absolute Gasteiger partial charge is 0.395 e. The fourth-order valence-corrected chi connectivity index (χ4v) is 2.94. The SMILES string of the molecule is CCCNS(=O)(=O)c1ccccc1C(C#N)CO. The Bertz CT molecular complexity index is 534. The number of hydrogen-bond donors (Lipinski definition) is 2. The summed E-state index contributed by atoms with van der Waals surface area (Å²) in [5, 5.41) is 18.0. The van der Waals surface area contributed by atoms with Gasteiger partial charge in [0.15, 0.2) is 0 Å². The van der Waals surface area contributed by atoms with Crippen molar-refractivity contribution in [3.8, 4) is 6.07 Å². The Kier molecular flexibility index (Phi) is 5.28. The van der Waals surface area contributed by atoms with Crippen LogP contribution in [0.5, 0.6) is 0 Å². The molecule has 98 valence electrons. The first kappa shape index (κ1) is 14.6. The van der Waals surface area contributed by atoms with Gasteiger partial charge >= 0.3 is 0 Å². The van der Waals surface area contributed by atoms with Gasteiger partial charge in [0, 0.05) is 6.54 Å². The van der Waals surface area contributed by atoms with Gasteiger partial charge in [-0.05, 0) is 18.1 Å². The zero-order chi connectivity index (χ0) is 13.6. The van der Waals surface area contributed by atoms with Crippen molar-refractivity contribution in [2.75, 3.05) is 13.2 Å². The number of sulfonamides is 1. The number of hydrogen-bond acceptors (Lipinski definition) is 4. The maximum atomic E-state index is 12.0. The summed E-state index contributed by atoms with van der Waals surface area (Å²) in [5.41, 5.74) is 0.325. The van der Waals surface area contributed by atoms with Gasteiger partial charge in [-0.25, -0.2) is 13.1 Å². The Morgan fingerprint density at radius 2 is 2.11 bits per heavy atom. The van der Waals surface area contributed by atoms with Crippen molar-refractivity contribution in [1.29, 1.82) is 5.26 Å². The van der Waals surface area contributed by atoms with E-state index in [0.29, 0.717) is 18.5 Å². The molecule has 18 heavy (non-hydrogen) atoms. The van der Waals surface area contributed by atoms with E-state index in [1.54, 1.807) is 18.2 Å². The smallest absolute Gasteiger partial charge is 0.240 e. The van der Waals surface area contributed by atoms with E-state index >= 15 is 0 Å². The molecule has 1 unspecified atom stereocenters. The lowest BCUT2D eigenvalue weighted by Gasteiger charge is -2.13. The molecule has 0 heterocycles. The van der Waals surface area contributed by atoms with Crippen molar-refractivity contribution < 1.29 is 13.5 Å². The summed E-state index contributed by atoms with van der Waals surface area (Å²) >= 11 is 0. The highest BCUT2D eigenvalue weighted by Crippen LogP contribution is 2.23. The number of aliphatic hydroxyl groups excluding tert-OH is 1. The maximum Gasteiger partial charge on any atom is 0.240 e. The molecule has 0 amide bonds. The molecule has 0 saturated carbocycles. The zero-order valence-corrected chi connectivity index (χ0v) is 10.9. The molecule has 1 atom stereocenters. The third-order valence-electron chi connectivity index (χ3n) is 2.46. The number of benzene rings is 1. The molecule has 0 saturated heterocycles. The number of rotatable bonds is 6. The van der Waals surface area contributed by atoms with E-state index in [4.69, 9.17) is 10.4 Å². The first-order valence-corrected chi connectivity index (χ1v) is 7.14. The highest BCUT2D eigenvalue weighted by Gasteiger charge is 2.22. The topological polar surface area (TPSA) is 90.2 Å². The number of nitrogens with zero attached hydrogens (tertiary/aromatic N) is 1. The van der Waals surface area contributed by atoms with Crippen LogP contribution in [0.4, 0.5) is 0 Å². The van der Waals surface area contributed by atoms with Crippen LogP contribution >= 0.6 is 0 Å². The summed E-state index contributed by atoms with van der Waals surface area (Å²) in [6.07, 6.45) is 0.684. The molecule has 0 aliphatic carbocycles. The van der Waals surface area contributed by atoms with Gasteiger partial charge in [0.1, 0.15) is 0 Å². The molecule has 0 radical (unpaired) electrons. The van der Waals surface area contributed by atoms with Gasteiger partial charge in [0.25, 0.3) is 0 Å². The van der Waals surface area contributed by atoms with Gasteiger partial charge in [-0.3, -0.25) is 0 Å². The molecule has 5 nitrogen and oxygen atoms in total. The molecular formula is C12H16N2O3S. The van der Waals surface area contributed by atoms with Crippen LogP contribution in [0, 0.1) is 11.3 Å². The van der Waals surface area contributed by atoms with E-state index in [9.17, 15) is 8.42 Å². The van der Waals surface area contributed by atoms with Crippen molar-refractivity contribution >= 4 is 10.0 Å². The van der Waals surface area contributed by atoms with Crippen molar-refractivity contribution in [1.82, 2.24) is 4.72 Å². The van der Waals surface area contributed by atoms with Gasteiger partial charge in [-0.15, -0.1) is 0 Å². The lowest BCUT2D eigenvalue weighted by molar-refractivity contribution is 0.284. The highest BCUT2D eigenvalue weighted by atomic mass is 32.2. The lowest BCUT2D eigenvalue weighted by atomic mass is 10.0. The third-order valence-corrected chi connectivity index (χ3v) is 4.00. The summed E-state index contributed by atoms with van der Waals surface area (Å²) in [7, 11) is -3.63. The van der Waals surface area contributed by atoms with Crippen LogP contribution < -0.4 is 4.72 Å². The average Bonchev–Trinajstić information content (AvgIpc) is 2.38. The van der Waals surface area contributed by atoms with Crippen LogP contribution in [0.3, 0.4) is 0 Å². The minimum atomic E-state index is -3.63. The number of nitrogens with one attached hydrogen (secondary N) is 1. The first-order valence-electron chi connectivity index (χ1n) is 5.66. The average molecular weight is 268 g/mol. The predicted molar refractivity (Wildman–Crippen MR) is 67.4 cm³/mol. The van der Waals surface area contributed by atoms with E-state index < -0.39 is 22.5 Å². The van der Waals surface area contributed by atoms with Crippen molar-refractivity contribution in [2.45, 2.75) is 24.2 Å². The van der Waals surface area contributed by atoms with E-state index in [1.165, 1.54) is 6.07 Å². The summed E-state index contributed by atoms with van der Waals surface area (Å²) in [6.45, 7) is 1.80. The normalized spacial score (nSPS) is 12.9. The number of nitriles is 1. The van der Waals surface area contributed by atoms with Crippen molar-refractivity contribution in [3.63, 3.8) is 0 Å². The maximum absolute atomic E-state index is 12.0. The van der Waals surface area contributed by atoms with Crippen molar-refractivity contribution in [3.05, 3.63) is 29.8 Å². The Morgan fingerprint density at radius 1 is 1.44 bits per heavy atom. The van der Waals surface area contributed by atoms with Crippen LogP contribution in [-0.4, -0.2) is 26.7 Å². The van der Waals surface area contributed by atoms with E-state index in [-0.39, 0.29) is 4.90 Å². The fraction of sp³-hybridized carbons (Fsp3) is 0.417. The van der Waals surface area contributed by atoms with Gasteiger partial charge in [-0.2, -0.15) is 5.26 Å². The molecule has 0 bridgehead atoms. The molecule has 1 aromatic rings. The van der Waals surface area contributed by atoms with Crippen LogP contribution in [0.25, 0.3) is 0 Å². The van der Waals surface area contributed by atoms with Crippen LogP contribution in [0.15, 0.2) is 29.2 Å². The minimum absolute atomic E-state index is 0.0547. The summed E-state index contributed by atoms with van der Waals surface area (Å²) in [6, 6.07) is 8.12. The molecule has 0 spiro atoms. The molecule has 1 rings (SSSR count). The van der Waals surface area contributed by atoms with Gasteiger partial charge in [0.05, 0.1) is 23.5 Å². The second-order valence-corrected chi connectivity index (χ2v) is 5.54. The van der Waals surface area contributed by atoms with Crippen molar-refractivity contribution in [2.24, 2.45) is 0 Å². The quantitative estimate of drug-likeness (QED) is 0.804. The van der Waals surface area contributed by atoms with E-state index in [2.05, 4.69) is 4.72 Å². The third kappa shape index (κ3) is 3.29. The van der Waals surface area contributed by atoms with Crippen LogP contribution in [0.2, 0.25) is 0 Å². The lowest BCUT2D eigenvalue weighted by Crippen LogP contribution is -2.26. The first-order chi connectivity index (χ1) is 8.56. The van der Waals surface area contributed by atoms with Crippen LogP contribution in [-0.2, 0) is 10.0 Å². The molecule has 1 aromatic carbocycles. The Balaban J connectivity index is 3.21. The standard InChI is InChI=1S/C12H16N2O3S/c1-2-7-14-18(16,17)12-6-4-3-5-11(12)10(8-13)9-15/h3-6,10,14-15H,2,7,9H2,1H3. The Morgan fingerprint density at radius 3 is 2.67 bits per heavy atom. The Labute approximate surface area is 107 Å².